The van der Waals surface area contributed by atoms with Crippen LogP contribution in [0.4, 0.5) is 4.79 Å². The number of urea groups is 1. The Morgan fingerprint density at radius 2 is 1.82 bits per heavy atom. The summed E-state index contributed by atoms with van der Waals surface area (Å²) in [5.41, 5.74) is 0.152. The maximum Gasteiger partial charge on any atom is 0.317 e. The molecule has 3 heterocycles. The highest BCUT2D eigenvalue weighted by Gasteiger charge is 2.56. The van der Waals surface area contributed by atoms with Gasteiger partial charge in [-0.3, -0.25) is 0 Å². The van der Waals surface area contributed by atoms with Crippen molar-refractivity contribution in [1.82, 2.24) is 15.5 Å². The normalized spacial score (nSPS) is 43.3. The maximum absolute atomic E-state index is 12.5. The van der Waals surface area contributed by atoms with Crippen LogP contribution in [0.15, 0.2) is 0 Å². The van der Waals surface area contributed by atoms with E-state index in [0.29, 0.717) is 13.1 Å². The van der Waals surface area contributed by atoms with Crippen LogP contribution in [0.1, 0.15) is 13.8 Å². The molecule has 3 saturated heterocycles. The van der Waals surface area contributed by atoms with Crippen molar-refractivity contribution in [3.05, 3.63) is 0 Å². The predicted octanol–water partition coefficient (Wildman–Crippen LogP) is -0.561. The van der Waals surface area contributed by atoms with Crippen molar-refractivity contribution in [3.63, 3.8) is 0 Å². The molecule has 2 amide bonds. The SMILES string of the molecule is COC1CS(=O)(=O)CC1NC(=O)N1C[C@]2(C)CNC[C@]2(C)C1. The minimum atomic E-state index is -3.13. The van der Waals surface area contributed by atoms with Crippen molar-refractivity contribution in [2.45, 2.75) is 26.0 Å². The fraction of sp³-hybridized carbons (Fsp3) is 0.929. The van der Waals surface area contributed by atoms with Gasteiger partial charge in [0.05, 0.1) is 23.7 Å². The number of likely N-dealkylation sites (tertiary alicyclic amines) is 1. The molecule has 0 aromatic carbocycles. The molecule has 126 valence electrons. The number of amides is 2. The second kappa shape index (κ2) is 5.07. The van der Waals surface area contributed by atoms with E-state index in [1.54, 1.807) is 0 Å². The van der Waals surface area contributed by atoms with Gasteiger partial charge in [0.2, 0.25) is 0 Å². The van der Waals surface area contributed by atoms with Gasteiger partial charge < -0.3 is 20.3 Å². The Bertz CT molecular complexity index is 563. The lowest BCUT2D eigenvalue weighted by Crippen LogP contribution is -2.49. The Morgan fingerprint density at radius 3 is 2.36 bits per heavy atom. The molecule has 0 aliphatic carbocycles. The molecule has 0 bridgehead atoms. The molecule has 0 radical (unpaired) electrons. The van der Waals surface area contributed by atoms with Gasteiger partial charge in [-0.2, -0.15) is 0 Å². The third kappa shape index (κ3) is 2.51. The first-order valence-electron chi connectivity index (χ1n) is 7.67. The van der Waals surface area contributed by atoms with Crippen LogP contribution in [0.2, 0.25) is 0 Å². The summed E-state index contributed by atoms with van der Waals surface area (Å²) in [6, 6.07) is -0.636. The first kappa shape index (κ1) is 16.0. The molecule has 3 rings (SSSR count). The second-order valence-electron chi connectivity index (χ2n) is 7.49. The number of carbonyl (C=O) groups excluding carboxylic acids is 1. The maximum atomic E-state index is 12.5. The fourth-order valence-electron chi connectivity index (χ4n) is 4.01. The van der Waals surface area contributed by atoms with Crippen LogP contribution < -0.4 is 10.6 Å². The first-order valence-corrected chi connectivity index (χ1v) is 9.50. The molecule has 3 aliphatic rings. The highest BCUT2D eigenvalue weighted by atomic mass is 32.2. The summed E-state index contributed by atoms with van der Waals surface area (Å²) in [6.07, 6.45) is -0.455. The fourth-order valence-corrected chi connectivity index (χ4v) is 5.86. The third-order valence-electron chi connectivity index (χ3n) is 5.77. The Balaban J connectivity index is 1.66. The number of rotatable bonds is 2. The average Bonchev–Trinajstić information content (AvgIpc) is 2.94. The van der Waals surface area contributed by atoms with E-state index in [1.165, 1.54) is 7.11 Å². The third-order valence-corrected chi connectivity index (χ3v) is 7.47. The van der Waals surface area contributed by atoms with E-state index in [2.05, 4.69) is 24.5 Å². The molecule has 2 N–H and O–H groups in total. The second-order valence-corrected chi connectivity index (χ2v) is 9.64. The van der Waals surface area contributed by atoms with Gasteiger partial charge in [0.15, 0.2) is 9.84 Å². The number of nitrogens with zero attached hydrogens (tertiary/aromatic N) is 1. The van der Waals surface area contributed by atoms with Crippen molar-refractivity contribution in [2.75, 3.05) is 44.8 Å². The molecule has 2 unspecified atom stereocenters. The summed E-state index contributed by atoms with van der Waals surface area (Å²) < 4.78 is 28.7. The van der Waals surface area contributed by atoms with E-state index >= 15 is 0 Å². The Kier molecular flexibility index (Phi) is 3.69. The lowest BCUT2D eigenvalue weighted by molar-refractivity contribution is 0.0981. The topological polar surface area (TPSA) is 87.7 Å². The van der Waals surface area contributed by atoms with E-state index < -0.39 is 22.0 Å². The monoisotopic (exact) mass is 331 g/mol. The van der Waals surface area contributed by atoms with Gasteiger partial charge in [0.1, 0.15) is 0 Å². The molecule has 8 heteroatoms. The lowest BCUT2D eigenvalue weighted by Gasteiger charge is -2.30. The molecule has 3 aliphatic heterocycles. The van der Waals surface area contributed by atoms with Gasteiger partial charge in [-0.15, -0.1) is 0 Å². The number of hydrogen-bond donors (Lipinski definition) is 2. The van der Waals surface area contributed by atoms with Crippen LogP contribution in [0.25, 0.3) is 0 Å². The van der Waals surface area contributed by atoms with Crippen LogP contribution in [-0.4, -0.2) is 76.3 Å². The average molecular weight is 331 g/mol. The zero-order chi connectivity index (χ0) is 16.2. The predicted molar refractivity (Wildman–Crippen MR) is 82.4 cm³/mol. The molecule has 22 heavy (non-hydrogen) atoms. The van der Waals surface area contributed by atoms with Gasteiger partial charge in [-0.1, -0.05) is 13.8 Å². The van der Waals surface area contributed by atoms with Crippen LogP contribution in [0.5, 0.6) is 0 Å². The standard InChI is InChI=1S/C14H25N3O4S/c1-13-6-15-7-14(13,2)9-17(8-13)12(18)16-10-4-22(19,20)5-11(10)21-3/h10-11,15H,4-9H2,1-3H3,(H,16,18)/t10?,11?,13-,14+. The molecule has 4 atom stereocenters. The molecule has 3 fully saturated rings. The van der Waals surface area contributed by atoms with Crippen molar-refractivity contribution in [3.8, 4) is 0 Å². The van der Waals surface area contributed by atoms with Crippen molar-refractivity contribution in [1.29, 1.82) is 0 Å². The molecular weight excluding hydrogens is 306 g/mol. The largest absolute Gasteiger partial charge is 0.378 e. The highest BCUT2D eigenvalue weighted by Crippen LogP contribution is 2.48. The number of nitrogens with one attached hydrogen (secondary N) is 2. The van der Waals surface area contributed by atoms with Gasteiger partial charge in [0, 0.05) is 44.1 Å². The van der Waals surface area contributed by atoms with Crippen LogP contribution in [0.3, 0.4) is 0 Å². The highest BCUT2D eigenvalue weighted by molar-refractivity contribution is 7.91. The van der Waals surface area contributed by atoms with Gasteiger partial charge >= 0.3 is 6.03 Å². The Morgan fingerprint density at radius 1 is 1.23 bits per heavy atom. The Hall–Kier alpha value is -0.860. The molecule has 0 spiro atoms. The van der Waals surface area contributed by atoms with Crippen LogP contribution >= 0.6 is 0 Å². The van der Waals surface area contributed by atoms with Crippen molar-refractivity contribution >= 4 is 15.9 Å². The molecule has 0 aromatic heterocycles. The van der Waals surface area contributed by atoms with Gasteiger partial charge in [0.25, 0.3) is 0 Å². The lowest BCUT2D eigenvalue weighted by atomic mass is 9.71. The molecule has 0 saturated carbocycles. The molecular formula is C14H25N3O4S. The number of sulfone groups is 1. The summed E-state index contributed by atoms with van der Waals surface area (Å²) in [4.78, 5) is 14.4. The van der Waals surface area contributed by atoms with Gasteiger partial charge in [-0.25, -0.2) is 13.2 Å². The summed E-state index contributed by atoms with van der Waals surface area (Å²) in [5.74, 6) is -0.0605. The van der Waals surface area contributed by atoms with E-state index in [-0.39, 0.29) is 28.4 Å². The number of fused-ring (bicyclic) bond motifs is 1. The zero-order valence-electron chi connectivity index (χ0n) is 13.4. The number of methoxy groups -OCH3 is 1. The number of carbonyl (C=O) groups is 1. The van der Waals surface area contributed by atoms with E-state index in [0.717, 1.165) is 13.1 Å². The van der Waals surface area contributed by atoms with E-state index in [9.17, 15) is 13.2 Å². The molecule has 7 nitrogen and oxygen atoms in total. The van der Waals surface area contributed by atoms with Crippen molar-refractivity contribution in [2.24, 2.45) is 10.8 Å². The number of hydrogen-bond acceptors (Lipinski definition) is 5. The summed E-state index contributed by atoms with van der Waals surface area (Å²) in [5, 5.41) is 6.27. The van der Waals surface area contributed by atoms with Gasteiger partial charge in [-0.05, 0) is 0 Å². The number of ether oxygens (including phenoxy) is 1. The minimum Gasteiger partial charge on any atom is -0.378 e. The van der Waals surface area contributed by atoms with E-state index in [1.807, 2.05) is 4.90 Å². The van der Waals surface area contributed by atoms with E-state index in [4.69, 9.17) is 4.74 Å². The summed E-state index contributed by atoms with van der Waals surface area (Å²) >= 11 is 0. The smallest absolute Gasteiger partial charge is 0.317 e. The first-order chi connectivity index (χ1) is 10.2. The minimum absolute atomic E-state index is 0.0200. The Labute approximate surface area is 131 Å². The summed E-state index contributed by atoms with van der Waals surface area (Å²) in [7, 11) is -1.65. The summed E-state index contributed by atoms with van der Waals surface area (Å²) in [6.45, 7) is 7.62. The quantitative estimate of drug-likeness (QED) is 0.708. The van der Waals surface area contributed by atoms with Crippen molar-refractivity contribution < 1.29 is 17.9 Å². The molecule has 0 aromatic rings. The van der Waals surface area contributed by atoms with Crippen LogP contribution in [-0.2, 0) is 14.6 Å². The van der Waals surface area contributed by atoms with Crippen LogP contribution in [0, 0.1) is 10.8 Å². The zero-order valence-corrected chi connectivity index (χ0v) is 14.2.